The van der Waals surface area contributed by atoms with Gasteiger partial charge in [-0.15, -0.1) is 0 Å². The van der Waals surface area contributed by atoms with Crippen LogP contribution in [0.4, 0.5) is 10.1 Å². The Morgan fingerprint density at radius 2 is 1.75 bits per heavy atom. The van der Waals surface area contributed by atoms with Crippen molar-refractivity contribution in [1.82, 2.24) is 10.1 Å². The molecule has 1 aliphatic heterocycles. The van der Waals surface area contributed by atoms with Crippen molar-refractivity contribution in [1.29, 1.82) is 0 Å². The first-order valence-corrected chi connectivity index (χ1v) is 10.3. The van der Waals surface area contributed by atoms with E-state index in [1.54, 1.807) is 17.0 Å². The van der Waals surface area contributed by atoms with Gasteiger partial charge in [0, 0.05) is 24.2 Å². The molecular weight excluding hydrogens is 409 g/mol. The number of hydrogen-bond donors (Lipinski definition) is 0. The minimum Gasteiger partial charge on any atom is -0.489 e. The molecule has 0 aliphatic carbocycles. The van der Waals surface area contributed by atoms with Gasteiger partial charge in [0.1, 0.15) is 18.2 Å². The average molecular weight is 429 g/mol. The second-order valence-electron chi connectivity index (χ2n) is 7.64. The zero-order chi connectivity index (χ0) is 21.9. The number of aromatic nitrogens is 2. The van der Waals surface area contributed by atoms with Crippen molar-refractivity contribution < 1.29 is 18.4 Å². The fourth-order valence-electron chi connectivity index (χ4n) is 3.70. The van der Waals surface area contributed by atoms with E-state index >= 15 is 0 Å². The predicted octanol–water partition coefficient (Wildman–Crippen LogP) is 4.98. The zero-order valence-electron chi connectivity index (χ0n) is 17.1. The molecular formula is C25H20FN3O3. The van der Waals surface area contributed by atoms with Crippen molar-refractivity contribution in [2.75, 3.05) is 11.4 Å². The maximum absolute atomic E-state index is 13.2. The normalized spacial score (nSPS) is 15.8. The lowest BCUT2D eigenvalue weighted by molar-refractivity contribution is -0.117. The van der Waals surface area contributed by atoms with E-state index in [1.807, 2.05) is 54.6 Å². The van der Waals surface area contributed by atoms with Crippen molar-refractivity contribution in [3.8, 4) is 17.1 Å². The van der Waals surface area contributed by atoms with E-state index in [0.29, 0.717) is 30.6 Å². The number of benzene rings is 3. The lowest BCUT2D eigenvalue weighted by atomic mass is 10.1. The Balaban J connectivity index is 1.24. The molecule has 2 heterocycles. The molecule has 0 spiro atoms. The summed E-state index contributed by atoms with van der Waals surface area (Å²) in [6, 6.07) is 23.3. The Morgan fingerprint density at radius 1 is 1.00 bits per heavy atom. The molecule has 0 saturated carbocycles. The molecule has 1 aliphatic rings. The molecule has 0 bridgehead atoms. The summed E-state index contributed by atoms with van der Waals surface area (Å²) in [7, 11) is 0. The Bertz CT molecular complexity index is 1210. The Labute approximate surface area is 184 Å². The van der Waals surface area contributed by atoms with Gasteiger partial charge in [-0.3, -0.25) is 4.79 Å². The van der Waals surface area contributed by atoms with E-state index in [0.717, 1.165) is 16.9 Å². The highest BCUT2D eigenvalue weighted by Gasteiger charge is 2.35. The van der Waals surface area contributed by atoms with Crippen LogP contribution in [-0.2, 0) is 11.4 Å². The molecule has 0 N–H and O–H groups in total. The molecule has 4 aromatic rings. The number of hydrogen-bond acceptors (Lipinski definition) is 5. The maximum atomic E-state index is 13.2. The maximum Gasteiger partial charge on any atom is 0.232 e. The highest BCUT2D eigenvalue weighted by atomic mass is 19.1. The monoisotopic (exact) mass is 429 g/mol. The highest BCUT2D eigenvalue weighted by Crippen LogP contribution is 2.32. The minimum atomic E-state index is -0.338. The van der Waals surface area contributed by atoms with Crippen LogP contribution in [0.3, 0.4) is 0 Å². The number of carbonyl (C=O) groups excluding carboxylic acids is 1. The van der Waals surface area contributed by atoms with E-state index in [-0.39, 0.29) is 24.1 Å². The summed E-state index contributed by atoms with van der Waals surface area (Å²) in [5.74, 6) is 1.03. The van der Waals surface area contributed by atoms with E-state index in [2.05, 4.69) is 10.1 Å². The standard InChI is InChI=1S/C25H20FN3O3/c26-20-8-10-21(11-9-20)29-15-19(14-23(29)30)25-27-24(28-32-25)18-6-12-22(13-7-18)31-16-17-4-2-1-3-5-17/h1-13,19H,14-16H2. The van der Waals surface area contributed by atoms with E-state index in [4.69, 9.17) is 9.26 Å². The molecule has 32 heavy (non-hydrogen) atoms. The summed E-state index contributed by atoms with van der Waals surface area (Å²) < 4.78 is 24.4. The van der Waals surface area contributed by atoms with Gasteiger partial charge in [-0.1, -0.05) is 35.5 Å². The van der Waals surface area contributed by atoms with Gasteiger partial charge >= 0.3 is 0 Å². The van der Waals surface area contributed by atoms with Gasteiger partial charge in [-0.2, -0.15) is 4.98 Å². The van der Waals surface area contributed by atoms with Crippen LogP contribution in [0.2, 0.25) is 0 Å². The lowest BCUT2D eigenvalue weighted by Crippen LogP contribution is -2.24. The highest BCUT2D eigenvalue weighted by molar-refractivity contribution is 5.96. The number of carbonyl (C=O) groups is 1. The fraction of sp³-hybridized carbons (Fsp3) is 0.160. The Morgan fingerprint density at radius 3 is 2.50 bits per heavy atom. The second-order valence-corrected chi connectivity index (χ2v) is 7.64. The predicted molar refractivity (Wildman–Crippen MR) is 117 cm³/mol. The summed E-state index contributed by atoms with van der Waals surface area (Å²) >= 11 is 0. The van der Waals surface area contributed by atoms with Crippen LogP contribution in [0, 0.1) is 5.82 Å². The SMILES string of the molecule is O=C1CC(c2nc(-c3ccc(OCc4ccccc4)cc3)no2)CN1c1ccc(F)cc1. The molecule has 160 valence electrons. The Hall–Kier alpha value is -4.00. The van der Waals surface area contributed by atoms with Gasteiger partial charge in [0.05, 0.1) is 5.92 Å². The van der Waals surface area contributed by atoms with Crippen molar-refractivity contribution in [2.45, 2.75) is 18.9 Å². The van der Waals surface area contributed by atoms with Crippen LogP contribution in [0.1, 0.15) is 23.8 Å². The van der Waals surface area contributed by atoms with Gasteiger partial charge in [0.2, 0.25) is 17.6 Å². The third kappa shape index (κ3) is 4.23. The van der Waals surface area contributed by atoms with Crippen LogP contribution in [-0.4, -0.2) is 22.6 Å². The van der Waals surface area contributed by atoms with Gasteiger partial charge in [-0.25, -0.2) is 4.39 Å². The van der Waals surface area contributed by atoms with Gasteiger partial charge in [0.15, 0.2) is 0 Å². The summed E-state index contributed by atoms with van der Waals surface area (Å²) in [6.45, 7) is 0.908. The Kier molecular flexibility index (Phi) is 5.37. The average Bonchev–Trinajstić information content (AvgIpc) is 3.46. The van der Waals surface area contributed by atoms with Crippen LogP contribution < -0.4 is 9.64 Å². The molecule has 7 heteroatoms. The minimum absolute atomic E-state index is 0.0544. The van der Waals surface area contributed by atoms with Gasteiger partial charge in [-0.05, 0) is 54.1 Å². The molecule has 1 aromatic heterocycles. The van der Waals surface area contributed by atoms with E-state index < -0.39 is 0 Å². The molecule has 5 rings (SSSR count). The first kappa shape index (κ1) is 19.9. The fourth-order valence-corrected chi connectivity index (χ4v) is 3.70. The smallest absolute Gasteiger partial charge is 0.232 e. The number of nitrogens with zero attached hydrogens (tertiary/aromatic N) is 3. The molecule has 0 radical (unpaired) electrons. The van der Waals surface area contributed by atoms with E-state index in [9.17, 15) is 9.18 Å². The summed E-state index contributed by atoms with van der Waals surface area (Å²) in [5, 5.41) is 4.08. The van der Waals surface area contributed by atoms with Crippen molar-refractivity contribution in [3.63, 3.8) is 0 Å². The molecule has 3 aromatic carbocycles. The number of amides is 1. The first-order valence-electron chi connectivity index (χ1n) is 10.3. The third-order valence-corrected chi connectivity index (χ3v) is 5.42. The van der Waals surface area contributed by atoms with E-state index in [1.165, 1.54) is 12.1 Å². The number of halogens is 1. The lowest BCUT2D eigenvalue weighted by Gasteiger charge is -2.15. The topological polar surface area (TPSA) is 68.5 Å². The summed E-state index contributed by atoms with van der Waals surface area (Å²) in [5.41, 5.74) is 2.55. The summed E-state index contributed by atoms with van der Waals surface area (Å²) in [4.78, 5) is 18.6. The quantitative estimate of drug-likeness (QED) is 0.433. The van der Waals surface area contributed by atoms with Crippen LogP contribution in [0.5, 0.6) is 5.75 Å². The van der Waals surface area contributed by atoms with Crippen molar-refractivity contribution in [2.24, 2.45) is 0 Å². The molecule has 1 amide bonds. The number of anilines is 1. The van der Waals surface area contributed by atoms with Crippen molar-refractivity contribution in [3.05, 3.63) is 96.1 Å². The van der Waals surface area contributed by atoms with Gasteiger partial charge in [0.25, 0.3) is 0 Å². The van der Waals surface area contributed by atoms with Gasteiger partial charge < -0.3 is 14.2 Å². The molecule has 6 nitrogen and oxygen atoms in total. The van der Waals surface area contributed by atoms with Crippen LogP contribution >= 0.6 is 0 Å². The number of ether oxygens (including phenoxy) is 1. The van der Waals surface area contributed by atoms with Crippen molar-refractivity contribution >= 4 is 11.6 Å². The molecule has 1 saturated heterocycles. The first-order chi connectivity index (χ1) is 15.7. The molecule has 1 fully saturated rings. The summed E-state index contributed by atoms with van der Waals surface area (Å²) in [6.07, 6.45) is 0.269. The largest absolute Gasteiger partial charge is 0.489 e. The van der Waals surface area contributed by atoms with Crippen LogP contribution in [0.25, 0.3) is 11.4 Å². The number of rotatable bonds is 6. The second kappa shape index (κ2) is 8.63. The molecule has 1 atom stereocenters. The van der Waals surface area contributed by atoms with Crippen LogP contribution in [0.15, 0.2) is 83.4 Å². The zero-order valence-corrected chi connectivity index (χ0v) is 17.1. The molecule has 1 unspecified atom stereocenters. The third-order valence-electron chi connectivity index (χ3n) is 5.42.